The molecular formula is C33H40P2. The van der Waals surface area contributed by atoms with E-state index in [1.54, 1.807) is 10.9 Å². The highest BCUT2D eigenvalue weighted by molar-refractivity contribution is 7.49. The third kappa shape index (κ3) is 4.67. The first-order valence-electron chi connectivity index (χ1n) is 13.6. The molecule has 4 aliphatic rings. The highest BCUT2D eigenvalue weighted by Crippen LogP contribution is 2.63. The molecule has 0 heterocycles. The van der Waals surface area contributed by atoms with Gasteiger partial charge in [0.2, 0.25) is 0 Å². The van der Waals surface area contributed by atoms with Gasteiger partial charge < -0.3 is 0 Å². The van der Waals surface area contributed by atoms with Gasteiger partial charge in [-0.3, -0.25) is 0 Å². The van der Waals surface area contributed by atoms with Crippen molar-refractivity contribution in [1.29, 1.82) is 0 Å². The minimum Gasteiger partial charge on any atom is -0.129 e. The van der Waals surface area contributed by atoms with Crippen molar-refractivity contribution in [2.75, 3.05) is 0 Å². The Morgan fingerprint density at radius 3 is 1.66 bits per heavy atom. The molecule has 0 saturated heterocycles. The summed E-state index contributed by atoms with van der Waals surface area (Å²) in [5.41, 5.74) is 7.64. The second-order valence-electron chi connectivity index (χ2n) is 12.9. The summed E-state index contributed by atoms with van der Waals surface area (Å²) in [6.45, 7) is 7.20. The zero-order valence-electron chi connectivity index (χ0n) is 21.6. The maximum atomic E-state index is 3.24. The van der Waals surface area contributed by atoms with Crippen molar-refractivity contribution in [3.63, 3.8) is 0 Å². The van der Waals surface area contributed by atoms with Crippen LogP contribution in [-0.4, -0.2) is 5.16 Å². The van der Waals surface area contributed by atoms with Crippen molar-refractivity contribution in [2.24, 2.45) is 23.2 Å². The number of benzene rings is 3. The molecule has 0 N–H and O–H groups in total. The summed E-state index contributed by atoms with van der Waals surface area (Å²) in [5, 5.41) is 2.20. The van der Waals surface area contributed by atoms with E-state index in [9.17, 15) is 0 Å². The quantitative estimate of drug-likeness (QED) is 0.308. The Hall–Kier alpha value is -1.48. The average Bonchev–Trinajstić information content (AvgIpc) is 2.83. The first-order chi connectivity index (χ1) is 16.8. The molecule has 3 aromatic rings. The van der Waals surface area contributed by atoms with Crippen LogP contribution < -0.4 is 5.30 Å². The molecule has 0 nitrogen and oxygen atoms in total. The second kappa shape index (κ2) is 9.12. The molecule has 4 saturated carbocycles. The summed E-state index contributed by atoms with van der Waals surface area (Å²) in [4.78, 5) is 0. The largest absolute Gasteiger partial charge is 0.129 e. The molecule has 2 heteroatoms. The van der Waals surface area contributed by atoms with Gasteiger partial charge in [0.15, 0.2) is 0 Å². The van der Waals surface area contributed by atoms with Crippen LogP contribution in [0.2, 0.25) is 0 Å². The highest BCUT2D eigenvalue weighted by Gasteiger charge is 2.51. The van der Waals surface area contributed by atoms with Crippen LogP contribution in [0.1, 0.15) is 70.5 Å². The standard InChI is InChI=1S/C33H40P2/c1-32(2,3)31(34)29-17-27(25-10-6-4-7-11-25)28(26-12-8-5-9-13-26)18-30(29)35-33-19-22-14-23(20-33)16-24(15-22)21-33/h4-13,17-18,22-24,31,35H,14-16,19-21,34H2,1-3H3. The number of hydrogen-bond acceptors (Lipinski definition) is 0. The average molecular weight is 499 g/mol. The molecule has 3 aromatic carbocycles. The summed E-state index contributed by atoms with van der Waals surface area (Å²) >= 11 is 0. The molecule has 0 aromatic heterocycles. The molecule has 4 bridgehead atoms. The second-order valence-corrected chi connectivity index (χ2v) is 15.4. The van der Waals surface area contributed by atoms with E-state index in [-0.39, 0.29) is 5.41 Å². The van der Waals surface area contributed by atoms with E-state index >= 15 is 0 Å². The predicted octanol–water partition coefficient (Wildman–Crippen LogP) is 9.26. The van der Waals surface area contributed by atoms with Gasteiger partial charge in [0, 0.05) is 5.66 Å². The predicted molar refractivity (Wildman–Crippen MR) is 158 cm³/mol. The Morgan fingerprint density at radius 2 is 1.20 bits per heavy atom. The first kappa shape index (κ1) is 23.9. The van der Waals surface area contributed by atoms with Crippen molar-refractivity contribution < 1.29 is 0 Å². The van der Waals surface area contributed by atoms with E-state index in [4.69, 9.17) is 0 Å². The van der Waals surface area contributed by atoms with Gasteiger partial charge in [-0.25, -0.2) is 0 Å². The Labute approximate surface area is 216 Å². The fourth-order valence-corrected chi connectivity index (χ4v) is 10.5. The zero-order chi connectivity index (χ0) is 24.2. The number of rotatable bonds is 5. The Bertz CT molecular complexity index is 1150. The topological polar surface area (TPSA) is 0 Å². The van der Waals surface area contributed by atoms with Gasteiger partial charge in [-0.15, -0.1) is 9.24 Å². The first-order valence-corrected chi connectivity index (χ1v) is 15.3. The lowest BCUT2D eigenvalue weighted by Gasteiger charge is -2.57. The van der Waals surface area contributed by atoms with Crippen molar-refractivity contribution in [1.82, 2.24) is 0 Å². The van der Waals surface area contributed by atoms with E-state index in [0.29, 0.717) is 10.8 Å². The Balaban J connectivity index is 1.52. The zero-order valence-corrected chi connectivity index (χ0v) is 23.7. The van der Waals surface area contributed by atoms with Crippen LogP contribution in [0.5, 0.6) is 0 Å². The van der Waals surface area contributed by atoms with Crippen molar-refractivity contribution >= 4 is 23.1 Å². The smallest absolute Gasteiger partial charge is 0.00402 e. The third-order valence-corrected chi connectivity index (χ3v) is 12.3. The molecule has 7 rings (SSSR count). The normalized spacial score (nSPS) is 28.6. The summed E-state index contributed by atoms with van der Waals surface area (Å²) in [6.07, 6.45) is 9.01. The van der Waals surface area contributed by atoms with Crippen molar-refractivity contribution in [2.45, 2.75) is 70.1 Å². The Kier molecular flexibility index (Phi) is 6.23. The van der Waals surface area contributed by atoms with E-state index in [2.05, 4.69) is 103 Å². The van der Waals surface area contributed by atoms with Gasteiger partial charge in [-0.1, -0.05) is 90.0 Å². The van der Waals surface area contributed by atoms with Crippen LogP contribution in [0.3, 0.4) is 0 Å². The molecule has 0 amide bonds. The van der Waals surface area contributed by atoms with Crippen LogP contribution in [0.15, 0.2) is 72.8 Å². The van der Waals surface area contributed by atoms with Crippen molar-refractivity contribution in [3.05, 3.63) is 78.4 Å². The molecule has 4 aliphatic carbocycles. The molecule has 0 spiro atoms. The molecule has 3 unspecified atom stereocenters. The van der Waals surface area contributed by atoms with E-state index < -0.39 is 0 Å². The summed E-state index contributed by atoms with van der Waals surface area (Å²) in [6, 6.07) is 27.3. The molecule has 182 valence electrons. The van der Waals surface area contributed by atoms with Gasteiger partial charge in [0.05, 0.1) is 0 Å². The van der Waals surface area contributed by atoms with E-state index in [1.165, 1.54) is 60.8 Å². The summed E-state index contributed by atoms with van der Waals surface area (Å²) in [5.74, 6) is 3.01. The monoisotopic (exact) mass is 498 g/mol. The van der Waals surface area contributed by atoms with Gasteiger partial charge in [0.1, 0.15) is 0 Å². The molecule has 4 fully saturated rings. The van der Waals surface area contributed by atoms with Crippen molar-refractivity contribution in [3.8, 4) is 22.3 Å². The van der Waals surface area contributed by atoms with Crippen LogP contribution >= 0.6 is 17.8 Å². The summed E-state index contributed by atoms with van der Waals surface area (Å²) in [7, 11) is 4.17. The van der Waals surface area contributed by atoms with Gasteiger partial charge in [0.25, 0.3) is 0 Å². The SMILES string of the molecule is CC(C)(C)C(P)c1cc(-c2ccccc2)c(-c2ccccc2)cc1PC12CC3CC(CC(C3)C1)C2. The fourth-order valence-electron chi connectivity index (χ4n) is 7.71. The fraction of sp³-hybridized carbons (Fsp3) is 0.455. The number of hydrogen-bond donors (Lipinski definition) is 0. The van der Waals surface area contributed by atoms with Gasteiger partial charge in [-0.2, -0.15) is 0 Å². The summed E-state index contributed by atoms with van der Waals surface area (Å²) < 4.78 is 0. The van der Waals surface area contributed by atoms with Gasteiger partial charge in [-0.05, 0) is 112 Å². The molecule has 3 atom stereocenters. The molecular weight excluding hydrogens is 458 g/mol. The van der Waals surface area contributed by atoms with Crippen LogP contribution in [0, 0.1) is 23.2 Å². The highest BCUT2D eigenvalue weighted by atomic mass is 31.1. The third-order valence-electron chi connectivity index (χ3n) is 9.07. The maximum Gasteiger partial charge on any atom is 0.00402 e. The minimum atomic E-state index is 0.202. The van der Waals surface area contributed by atoms with Gasteiger partial charge >= 0.3 is 0 Å². The molecule has 0 aliphatic heterocycles. The lowest BCUT2D eigenvalue weighted by atomic mass is 9.56. The van der Waals surface area contributed by atoms with Crippen LogP contribution in [0.4, 0.5) is 0 Å². The van der Waals surface area contributed by atoms with E-state index in [1.807, 2.05) is 0 Å². The Morgan fingerprint density at radius 1 is 0.743 bits per heavy atom. The maximum absolute atomic E-state index is 3.24. The van der Waals surface area contributed by atoms with Crippen LogP contribution in [-0.2, 0) is 0 Å². The lowest BCUT2D eigenvalue weighted by molar-refractivity contribution is 0.0372. The molecule has 0 radical (unpaired) electrons. The molecule has 35 heavy (non-hydrogen) atoms. The van der Waals surface area contributed by atoms with E-state index in [0.717, 1.165) is 26.3 Å². The minimum absolute atomic E-state index is 0.202. The van der Waals surface area contributed by atoms with Crippen LogP contribution in [0.25, 0.3) is 22.3 Å². The lowest BCUT2D eigenvalue weighted by Crippen LogP contribution is -2.48.